The van der Waals surface area contributed by atoms with Gasteiger partial charge >= 0.3 is 6.03 Å². The van der Waals surface area contributed by atoms with Crippen molar-refractivity contribution < 1.29 is 14.4 Å². The molecule has 2 heterocycles. The van der Waals surface area contributed by atoms with Crippen LogP contribution in [-0.2, 0) is 9.63 Å². The zero-order chi connectivity index (χ0) is 18.9. The monoisotopic (exact) mass is 370 g/mol. The molecule has 4 rings (SSSR count). The molecule has 1 aliphatic carbocycles. The fourth-order valence-corrected chi connectivity index (χ4v) is 3.62. The molecule has 2 atom stereocenters. The first-order chi connectivity index (χ1) is 13.0. The number of nitrogens with one attached hydrogen (secondary N) is 2. The van der Waals surface area contributed by atoms with Gasteiger partial charge in [0.2, 0.25) is 0 Å². The number of hydrogen-bond acceptors (Lipinski definition) is 4. The van der Waals surface area contributed by atoms with Crippen LogP contribution in [0, 0.1) is 0 Å². The normalized spacial score (nSPS) is 25.1. The van der Waals surface area contributed by atoms with Crippen molar-refractivity contribution in [3.63, 3.8) is 0 Å². The van der Waals surface area contributed by atoms with E-state index in [2.05, 4.69) is 34.8 Å². The second kappa shape index (κ2) is 7.21. The summed E-state index contributed by atoms with van der Waals surface area (Å²) in [5, 5.41) is 9.99. The molecule has 0 aromatic heterocycles. The van der Waals surface area contributed by atoms with Gasteiger partial charge in [-0.15, -0.1) is 0 Å². The van der Waals surface area contributed by atoms with Crippen molar-refractivity contribution in [3.05, 3.63) is 35.9 Å². The minimum atomic E-state index is -0.543. The predicted octanol–water partition coefficient (Wildman–Crippen LogP) is 2.00. The second-order valence-corrected chi connectivity index (χ2v) is 7.91. The molecule has 1 saturated carbocycles. The summed E-state index contributed by atoms with van der Waals surface area (Å²) in [7, 11) is 0. The average molecular weight is 370 g/mol. The Balaban J connectivity index is 1.26. The van der Waals surface area contributed by atoms with Crippen LogP contribution in [0.4, 0.5) is 4.79 Å². The van der Waals surface area contributed by atoms with E-state index >= 15 is 0 Å². The van der Waals surface area contributed by atoms with Crippen molar-refractivity contribution in [3.8, 4) is 0 Å². The molecule has 7 nitrogen and oxygen atoms in total. The molecule has 7 heteroatoms. The number of oxime groups is 1. The average Bonchev–Trinajstić information content (AvgIpc) is 3.25. The van der Waals surface area contributed by atoms with Gasteiger partial charge in [-0.2, -0.15) is 0 Å². The molecule has 0 bridgehead atoms. The smallest absolute Gasteiger partial charge is 0.317 e. The molecular formula is C20H26N4O3. The third kappa shape index (κ3) is 4.07. The van der Waals surface area contributed by atoms with Crippen molar-refractivity contribution in [2.75, 3.05) is 19.6 Å². The van der Waals surface area contributed by atoms with E-state index in [0.717, 1.165) is 12.8 Å². The fourth-order valence-electron chi connectivity index (χ4n) is 3.62. The van der Waals surface area contributed by atoms with Crippen molar-refractivity contribution >= 4 is 17.6 Å². The van der Waals surface area contributed by atoms with Gasteiger partial charge in [-0.05, 0) is 24.3 Å². The van der Waals surface area contributed by atoms with Crippen LogP contribution < -0.4 is 10.6 Å². The maximum atomic E-state index is 12.5. The Bertz CT molecular complexity index is 747. The van der Waals surface area contributed by atoms with E-state index in [1.54, 1.807) is 4.90 Å². The van der Waals surface area contributed by atoms with Crippen LogP contribution in [0.15, 0.2) is 35.5 Å². The van der Waals surface area contributed by atoms with Gasteiger partial charge in [-0.25, -0.2) is 4.79 Å². The summed E-state index contributed by atoms with van der Waals surface area (Å²) >= 11 is 0. The van der Waals surface area contributed by atoms with Crippen LogP contribution in [0.1, 0.15) is 44.1 Å². The molecule has 1 saturated heterocycles. The summed E-state index contributed by atoms with van der Waals surface area (Å²) in [6, 6.07) is 10.4. The number of benzene rings is 1. The van der Waals surface area contributed by atoms with Crippen LogP contribution in [0.5, 0.6) is 0 Å². The second-order valence-electron chi connectivity index (χ2n) is 7.91. The molecule has 2 fully saturated rings. The number of likely N-dealkylation sites (tertiary alicyclic amines) is 1. The summed E-state index contributed by atoms with van der Waals surface area (Å²) in [6.07, 6.45) is 3.28. The summed E-state index contributed by atoms with van der Waals surface area (Å²) in [6.45, 7) is 3.74. The van der Waals surface area contributed by atoms with E-state index in [1.165, 1.54) is 5.56 Å². The first kappa shape index (κ1) is 17.8. The summed E-state index contributed by atoms with van der Waals surface area (Å²) in [5.41, 5.74) is 1.06. The highest BCUT2D eigenvalue weighted by Crippen LogP contribution is 2.34. The number of urea groups is 1. The van der Waals surface area contributed by atoms with Gasteiger partial charge in [0.1, 0.15) is 5.71 Å². The highest BCUT2D eigenvalue weighted by molar-refractivity contribution is 6.39. The van der Waals surface area contributed by atoms with Crippen molar-refractivity contribution in [1.82, 2.24) is 15.5 Å². The number of hydrogen-bond donors (Lipinski definition) is 2. The number of nitrogens with zero attached hydrogens (tertiary/aromatic N) is 2. The molecular weight excluding hydrogens is 344 g/mol. The summed E-state index contributed by atoms with van der Waals surface area (Å²) in [5.74, 6) is 0.0376. The lowest BCUT2D eigenvalue weighted by molar-refractivity contribution is -0.115. The molecule has 3 amide bonds. The molecule has 0 unspecified atom stereocenters. The standard InChI is InChI=1S/C20H26N4O3/c1-14(15-5-3-2-4-6-15)12-21-18(25)17-11-20(27-23-17)9-10-24(13-20)19(26)22-16-7-8-16/h2-6,14,16H,7-13H2,1H3,(H,21,25)(H,22,26)/t14-,20-/m0/s1. The lowest BCUT2D eigenvalue weighted by Gasteiger charge is -2.22. The molecule has 1 spiro atoms. The predicted molar refractivity (Wildman–Crippen MR) is 101 cm³/mol. The quantitative estimate of drug-likeness (QED) is 0.832. The van der Waals surface area contributed by atoms with Gasteiger partial charge in [0, 0.05) is 32.0 Å². The number of carbonyl (C=O) groups is 2. The van der Waals surface area contributed by atoms with E-state index in [-0.39, 0.29) is 17.9 Å². The highest BCUT2D eigenvalue weighted by atomic mass is 16.7. The zero-order valence-corrected chi connectivity index (χ0v) is 15.6. The summed E-state index contributed by atoms with van der Waals surface area (Å²) < 4.78 is 0. The third-order valence-corrected chi connectivity index (χ3v) is 5.55. The van der Waals surface area contributed by atoms with Gasteiger partial charge in [0.25, 0.3) is 5.91 Å². The molecule has 1 aromatic rings. The minimum Gasteiger partial charge on any atom is -0.386 e. The van der Waals surface area contributed by atoms with Gasteiger partial charge in [-0.3, -0.25) is 4.79 Å². The van der Waals surface area contributed by atoms with E-state index < -0.39 is 5.60 Å². The Morgan fingerprint density at radius 2 is 2.11 bits per heavy atom. The molecule has 3 aliphatic rings. The Kier molecular flexibility index (Phi) is 4.76. The van der Waals surface area contributed by atoms with E-state index in [9.17, 15) is 9.59 Å². The first-order valence-corrected chi connectivity index (χ1v) is 9.68. The van der Waals surface area contributed by atoms with Gasteiger partial charge < -0.3 is 20.4 Å². The SMILES string of the molecule is C[C@@H](CNC(=O)C1=NO[C@@]2(CCN(C(=O)NC3CC3)C2)C1)c1ccccc1. The molecule has 2 N–H and O–H groups in total. The molecule has 27 heavy (non-hydrogen) atoms. The van der Waals surface area contributed by atoms with Gasteiger partial charge in [0.05, 0.1) is 6.54 Å². The van der Waals surface area contributed by atoms with Crippen molar-refractivity contribution in [1.29, 1.82) is 0 Å². The van der Waals surface area contributed by atoms with Crippen LogP contribution in [-0.4, -0.2) is 53.8 Å². The van der Waals surface area contributed by atoms with Crippen LogP contribution in [0.25, 0.3) is 0 Å². The maximum Gasteiger partial charge on any atom is 0.317 e. The Hall–Kier alpha value is -2.57. The van der Waals surface area contributed by atoms with Gasteiger partial charge in [0.15, 0.2) is 5.60 Å². The van der Waals surface area contributed by atoms with Crippen molar-refractivity contribution in [2.24, 2.45) is 5.16 Å². The van der Waals surface area contributed by atoms with E-state index in [1.807, 2.05) is 18.2 Å². The van der Waals surface area contributed by atoms with Crippen LogP contribution in [0.3, 0.4) is 0 Å². The molecule has 144 valence electrons. The third-order valence-electron chi connectivity index (χ3n) is 5.55. The number of carbonyl (C=O) groups excluding carboxylic acids is 2. The number of rotatable bonds is 5. The lowest BCUT2D eigenvalue weighted by atomic mass is 9.96. The molecule has 0 radical (unpaired) electrons. The Morgan fingerprint density at radius 1 is 1.33 bits per heavy atom. The fraction of sp³-hybridized carbons (Fsp3) is 0.550. The lowest BCUT2D eigenvalue weighted by Crippen LogP contribution is -2.43. The topological polar surface area (TPSA) is 83.0 Å². The largest absolute Gasteiger partial charge is 0.386 e. The zero-order valence-electron chi connectivity index (χ0n) is 15.6. The van der Waals surface area contributed by atoms with E-state index in [4.69, 9.17) is 4.84 Å². The Morgan fingerprint density at radius 3 is 2.85 bits per heavy atom. The highest BCUT2D eigenvalue weighted by Gasteiger charge is 2.48. The molecule has 2 aliphatic heterocycles. The van der Waals surface area contributed by atoms with Crippen molar-refractivity contribution in [2.45, 2.75) is 50.2 Å². The van der Waals surface area contributed by atoms with Crippen LogP contribution in [0.2, 0.25) is 0 Å². The van der Waals surface area contributed by atoms with E-state index in [0.29, 0.717) is 44.2 Å². The summed E-state index contributed by atoms with van der Waals surface area (Å²) in [4.78, 5) is 32.1. The van der Waals surface area contributed by atoms with Crippen LogP contribution >= 0.6 is 0 Å². The maximum absolute atomic E-state index is 12.5. The minimum absolute atomic E-state index is 0.0347. The molecule has 1 aromatic carbocycles. The number of amides is 3. The Labute approximate surface area is 159 Å². The van der Waals surface area contributed by atoms with Gasteiger partial charge in [-0.1, -0.05) is 42.4 Å². The first-order valence-electron chi connectivity index (χ1n) is 9.68.